The molecule has 0 amide bonds. The molecule has 1 aliphatic heterocycles. The fourth-order valence-electron chi connectivity index (χ4n) is 1.95. The topological polar surface area (TPSA) is 21.3 Å². The molecule has 1 saturated heterocycles. The zero-order chi connectivity index (χ0) is 10.3. The highest BCUT2D eigenvalue weighted by Gasteiger charge is 2.14. The van der Waals surface area contributed by atoms with E-state index in [1.165, 1.54) is 31.2 Å². The van der Waals surface area contributed by atoms with E-state index in [2.05, 4.69) is 22.1 Å². The van der Waals surface area contributed by atoms with Crippen LogP contribution in [-0.4, -0.2) is 19.3 Å². The first kappa shape index (κ1) is 11.1. The van der Waals surface area contributed by atoms with Crippen molar-refractivity contribution < 1.29 is 4.74 Å². The zero-order valence-corrected chi connectivity index (χ0v) is 9.89. The number of nitrogens with one attached hydrogen (secondary N) is 1. The van der Waals surface area contributed by atoms with Crippen LogP contribution in [0.25, 0.3) is 0 Å². The molecule has 1 fully saturated rings. The fourth-order valence-corrected chi connectivity index (χ4v) is 2.62. The van der Waals surface area contributed by atoms with E-state index in [-0.39, 0.29) is 0 Å². The van der Waals surface area contributed by atoms with Crippen molar-refractivity contribution in [1.29, 1.82) is 0 Å². The molecule has 3 heteroatoms. The van der Waals surface area contributed by atoms with E-state index in [0.29, 0.717) is 6.10 Å². The van der Waals surface area contributed by atoms with E-state index in [9.17, 15) is 0 Å². The lowest BCUT2D eigenvalue weighted by Crippen LogP contribution is -2.16. The predicted molar refractivity (Wildman–Crippen MR) is 64.2 cm³/mol. The van der Waals surface area contributed by atoms with Crippen molar-refractivity contribution in [3.63, 3.8) is 0 Å². The standard InChI is InChI=1S/C12H19NOS/c1(3-12-4-2-7-14-12)6-13-9-11-5-8-15-10-11/h5,8,10,12-13H,1-4,6-7,9H2. The summed E-state index contributed by atoms with van der Waals surface area (Å²) in [5, 5.41) is 7.79. The summed E-state index contributed by atoms with van der Waals surface area (Å²) in [5.74, 6) is 0. The third-order valence-electron chi connectivity index (χ3n) is 2.81. The van der Waals surface area contributed by atoms with Crippen molar-refractivity contribution in [1.82, 2.24) is 5.32 Å². The maximum absolute atomic E-state index is 5.58. The smallest absolute Gasteiger partial charge is 0.0576 e. The van der Waals surface area contributed by atoms with Gasteiger partial charge in [-0.25, -0.2) is 0 Å². The number of thiophene rings is 1. The maximum Gasteiger partial charge on any atom is 0.0576 e. The van der Waals surface area contributed by atoms with Gasteiger partial charge >= 0.3 is 0 Å². The monoisotopic (exact) mass is 225 g/mol. The van der Waals surface area contributed by atoms with Crippen LogP contribution >= 0.6 is 11.3 Å². The SMILES string of the molecule is c1cc(CNCCCC2CCCO2)cs1. The van der Waals surface area contributed by atoms with Gasteiger partial charge in [-0.1, -0.05) is 0 Å². The minimum atomic E-state index is 0.549. The van der Waals surface area contributed by atoms with Crippen molar-refractivity contribution >= 4 is 11.3 Å². The van der Waals surface area contributed by atoms with Crippen molar-refractivity contribution in [2.45, 2.75) is 38.3 Å². The Morgan fingerprint density at radius 1 is 1.53 bits per heavy atom. The number of rotatable bonds is 6. The van der Waals surface area contributed by atoms with E-state index in [4.69, 9.17) is 4.74 Å². The molecule has 0 aliphatic carbocycles. The van der Waals surface area contributed by atoms with Crippen LogP contribution in [0.15, 0.2) is 16.8 Å². The Morgan fingerprint density at radius 3 is 3.27 bits per heavy atom. The highest BCUT2D eigenvalue weighted by Crippen LogP contribution is 2.16. The van der Waals surface area contributed by atoms with Crippen LogP contribution in [0.1, 0.15) is 31.2 Å². The van der Waals surface area contributed by atoms with Gasteiger partial charge in [0, 0.05) is 13.2 Å². The minimum absolute atomic E-state index is 0.549. The predicted octanol–water partition coefficient (Wildman–Crippen LogP) is 2.80. The lowest BCUT2D eigenvalue weighted by atomic mass is 10.1. The third-order valence-corrected chi connectivity index (χ3v) is 3.54. The van der Waals surface area contributed by atoms with Crippen molar-refractivity contribution in [2.24, 2.45) is 0 Å². The highest BCUT2D eigenvalue weighted by molar-refractivity contribution is 7.07. The second kappa shape index (κ2) is 6.26. The summed E-state index contributed by atoms with van der Waals surface area (Å²) in [7, 11) is 0. The molecular formula is C12H19NOS. The summed E-state index contributed by atoms with van der Waals surface area (Å²) >= 11 is 1.76. The summed E-state index contributed by atoms with van der Waals surface area (Å²) in [6.45, 7) is 3.09. The average Bonchev–Trinajstić information content (AvgIpc) is 2.88. The molecule has 1 unspecified atom stereocenters. The van der Waals surface area contributed by atoms with Gasteiger partial charge in [0.15, 0.2) is 0 Å². The molecule has 0 bridgehead atoms. The van der Waals surface area contributed by atoms with Crippen LogP contribution in [0.4, 0.5) is 0 Å². The van der Waals surface area contributed by atoms with E-state index < -0.39 is 0 Å². The van der Waals surface area contributed by atoms with E-state index in [0.717, 1.165) is 19.7 Å². The normalized spacial score (nSPS) is 20.9. The third kappa shape index (κ3) is 3.93. The molecule has 0 radical (unpaired) electrons. The molecule has 0 saturated carbocycles. The van der Waals surface area contributed by atoms with E-state index in [1.807, 2.05) is 0 Å². The Balaban J connectivity index is 1.48. The van der Waals surface area contributed by atoms with Gasteiger partial charge in [0.1, 0.15) is 0 Å². The second-order valence-corrected chi connectivity index (χ2v) is 4.87. The van der Waals surface area contributed by atoms with Gasteiger partial charge in [0.2, 0.25) is 0 Å². The van der Waals surface area contributed by atoms with Gasteiger partial charge in [-0.2, -0.15) is 11.3 Å². The van der Waals surface area contributed by atoms with Crippen LogP contribution in [0.2, 0.25) is 0 Å². The first-order valence-electron chi connectivity index (χ1n) is 5.78. The van der Waals surface area contributed by atoms with Gasteiger partial charge in [-0.15, -0.1) is 0 Å². The van der Waals surface area contributed by atoms with Crippen LogP contribution in [-0.2, 0) is 11.3 Å². The van der Waals surface area contributed by atoms with Crippen LogP contribution in [0, 0.1) is 0 Å². The van der Waals surface area contributed by atoms with Crippen LogP contribution in [0.3, 0.4) is 0 Å². The first-order valence-corrected chi connectivity index (χ1v) is 6.73. The summed E-state index contributed by atoms with van der Waals surface area (Å²) < 4.78 is 5.58. The van der Waals surface area contributed by atoms with Gasteiger partial charge in [-0.05, 0) is 54.6 Å². The van der Waals surface area contributed by atoms with Crippen molar-refractivity contribution in [3.8, 4) is 0 Å². The van der Waals surface area contributed by atoms with Gasteiger partial charge in [0.25, 0.3) is 0 Å². The Hall–Kier alpha value is -0.380. The molecule has 2 nitrogen and oxygen atoms in total. The molecule has 2 rings (SSSR count). The highest BCUT2D eigenvalue weighted by atomic mass is 32.1. The number of ether oxygens (including phenoxy) is 1. The minimum Gasteiger partial charge on any atom is -0.378 e. The Kier molecular flexibility index (Phi) is 4.64. The molecule has 1 N–H and O–H groups in total. The molecule has 1 aromatic rings. The van der Waals surface area contributed by atoms with Crippen LogP contribution < -0.4 is 5.32 Å². The maximum atomic E-state index is 5.58. The Labute approximate surface area is 95.6 Å². The van der Waals surface area contributed by atoms with Crippen molar-refractivity contribution in [3.05, 3.63) is 22.4 Å². The first-order chi connectivity index (χ1) is 7.45. The molecule has 84 valence electrons. The largest absolute Gasteiger partial charge is 0.378 e. The second-order valence-electron chi connectivity index (χ2n) is 4.09. The number of hydrogen-bond acceptors (Lipinski definition) is 3. The van der Waals surface area contributed by atoms with Gasteiger partial charge in [-0.3, -0.25) is 0 Å². The molecule has 1 atom stereocenters. The summed E-state index contributed by atoms with van der Waals surface area (Å²) in [5.41, 5.74) is 1.40. The number of hydrogen-bond donors (Lipinski definition) is 1. The Bertz CT molecular complexity index is 255. The molecule has 0 aromatic carbocycles. The molecule has 2 heterocycles. The molecule has 0 spiro atoms. The molecular weight excluding hydrogens is 206 g/mol. The van der Waals surface area contributed by atoms with E-state index in [1.54, 1.807) is 11.3 Å². The van der Waals surface area contributed by atoms with Crippen LogP contribution in [0.5, 0.6) is 0 Å². The van der Waals surface area contributed by atoms with E-state index >= 15 is 0 Å². The molecule has 1 aliphatic rings. The lowest BCUT2D eigenvalue weighted by Gasteiger charge is -2.08. The molecule has 15 heavy (non-hydrogen) atoms. The van der Waals surface area contributed by atoms with Crippen molar-refractivity contribution in [2.75, 3.05) is 13.2 Å². The summed E-state index contributed by atoms with van der Waals surface area (Å²) in [4.78, 5) is 0. The quantitative estimate of drug-likeness (QED) is 0.752. The summed E-state index contributed by atoms with van der Waals surface area (Å²) in [6, 6.07) is 2.18. The lowest BCUT2D eigenvalue weighted by molar-refractivity contribution is 0.102. The Morgan fingerprint density at radius 2 is 2.53 bits per heavy atom. The molecule has 1 aromatic heterocycles. The fraction of sp³-hybridized carbons (Fsp3) is 0.667. The van der Waals surface area contributed by atoms with Gasteiger partial charge < -0.3 is 10.1 Å². The zero-order valence-electron chi connectivity index (χ0n) is 9.08. The summed E-state index contributed by atoms with van der Waals surface area (Å²) in [6.07, 6.45) is 5.52. The van der Waals surface area contributed by atoms with Gasteiger partial charge in [0.05, 0.1) is 6.10 Å². The average molecular weight is 225 g/mol.